The van der Waals surface area contributed by atoms with Crippen molar-refractivity contribution in [1.29, 1.82) is 0 Å². The first kappa shape index (κ1) is 17.5. The molecule has 2 aromatic rings. The number of benzene rings is 1. The maximum absolute atomic E-state index is 12.8. The lowest BCUT2D eigenvalue weighted by Crippen LogP contribution is -2.14. The number of hydrogen-bond donors (Lipinski definition) is 1. The molecule has 1 amide bonds. The van der Waals surface area contributed by atoms with E-state index in [1.54, 1.807) is 13.8 Å². The lowest BCUT2D eigenvalue weighted by molar-refractivity contribution is -0.138. The molecular weight excluding hydrogens is 377 g/mol. The van der Waals surface area contributed by atoms with Crippen LogP contribution in [0.15, 0.2) is 27.2 Å². The van der Waals surface area contributed by atoms with Crippen molar-refractivity contribution in [2.45, 2.75) is 32.9 Å². The van der Waals surface area contributed by atoms with Gasteiger partial charge >= 0.3 is 6.18 Å². The Bertz CT molecular complexity index is 706. The normalized spacial score (nSPS) is 11.6. The smallest absolute Gasteiger partial charge is 0.361 e. The first-order valence-corrected chi connectivity index (χ1v) is 7.56. The average molecular weight is 391 g/mol. The minimum absolute atomic E-state index is 0.0706. The third-order valence-corrected chi connectivity index (χ3v) is 4.03. The molecule has 1 aromatic heterocycles. The van der Waals surface area contributed by atoms with E-state index < -0.39 is 11.7 Å². The summed E-state index contributed by atoms with van der Waals surface area (Å²) in [6.07, 6.45) is -3.95. The number of carbonyl (C=O) groups excluding carboxylic acids is 1. The van der Waals surface area contributed by atoms with Gasteiger partial charge in [0, 0.05) is 22.1 Å². The molecule has 23 heavy (non-hydrogen) atoms. The summed E-state index contributed by atoms with van der Waals surface area (Å²) in [6.45, 7) is 3.52. The van der Waals surface area contributed by atoms with Crippen LogP contribution in [0, 0.1) is 13.8 Å². The number of anilines is 1. The zero-order valence-electron chi connectivity index (χ0n) is 12.4. The van der Waals surface area contributed by atoms with Crippen LogP contribution in [0.3, 0.4) is 0 Å². The second kappa shape index (κ2) is 6.74. The van der Waals surface area contributed by atoms with Gasteiger partial charge in [-0.05, 0) is 38.5 Å². The molecule has 0 aliphatic carbocycles. The Balaban J connectivity index is 2.03. The van der Waals surface area contributed by atoms with Crippen LogP contribution in [-0.2, 0) is 17.4 Å². The molecule has 8 heteroatoms. The number of nitrogens with zero attached hydrogens (tertiary/aromatic N) is 1. The number of hydrogen-bond acceptors (Lipinski definition) is 3. The number of amides is 1. The number of aromatic nitrogens is 1. The fourth-order valence-corrected chi connectivity index (χ4v) is 2.61. The van der Waals surface area contributed by atoms with E-state index in [-0.39, 0.29) is 22.5 Å². The summed E-state index contributed by atoms with van der Waals surface area (Å²) in [6, 6.07) is 3.57. The molecule has 0 fully saturated rings. The predicted octanol–water partition coefficient (Wildman–Crippen LogP) is 4.64. The monoisotopic (exact) mass is 390 g/mol. The van der Waals surface area contributed by atoms with Gasteiger partial charge in [-0.3, -0.25) is 4.79 Å². The molecule has 0 aliphatic rings. The van der Waals surface area contributed by atoms with Gasteiger partial charge in [0.2, 0.25) is 5.91 Å². The Morgan fingerprint density at radius 1 is 1.35 bits per heavy atom. The Kier molecular flexibility index (Phi) is 5.13. The van der Waals surface area contributed by atoms with E-state index in [2.05, 4.69) is 26.4 Å². The number of aryl methyl sites for hydroxylation is 2. The molecule has 1 aromatic carbocycles. The zero-order chi connectivity index (χ0) is 17.2. The number of rotatable bonds is 4. The molecule has 0 saturated heterocycles. The summed E-state index contributed by atoms with van der Waals surface area (Å²) in [5.41, 5.74) is 0.815. The van der Waals surface area contributed by atoms with Crippen LogP contribution in [0.5, 0.6) is 0 Å². The van der Waals surface area contributed by atoms with Gasteiger partial charge in [0.15, 0.2) is 0 Å². The molecule has 1 heterocycles. The van der Waals surface area contributed by atoms with E-state index in [1.807, 2.05) is 0 Å². The van der Waals surface area contributed by atoms with Crippen LogP contribution < -0.4 is 5.32 Å². The molecule has 0 saturated carbocycles. The molecule has 0 spiro atoms. The average Bonchev–Trinajstić information content (AvgIpc) is 2.77. The van der Waals surface area contributed by atoms with Crippen LogP contribution >= 0.6 is 15.9 Å². The highest BCUT2D eigenvalue weighted by Gasteiger charge is 2.33. The van der Waals surface area contributed by atoms with Crippen LogP contribution in [0.2, 0.25) is 0 Å². The molecule has 4 nitrogen and oxygen atoms in total. The Labute approximate surface area is 139 Å². The maximum atomic E-state index is 12.8. The van der Waals surface area contributed by atoms with Gasteiger partial charge in [-0.25, -0.2) is 0 Å². The molecular formula is C15H14BrF3N2O2. The van der Waals surface area contributed by atoms with Crippen molar-refractivity contribution in [2.24, 2.45) is 0 Å². The van der Waals surface area contributed by atoms with E-state index in [0.717, 1.165) is 11.6 Å². The number of halogens is 4. The summed E-state index contributed by atoms with van der Waals surface area (Å²) >= 11 is 2.86. The maximum Gasteiger partial charge on any atom is 0.417 e. The summed E-state index contributed by atoms with van der Waals surface area (Å²) in [7, 11) is 0. The summed E-state index contributed by atoms with van der Waals surface area (Å²) in [4.78, 5) is 11.9. The highest BCUT2D eigenvalue weighted by Crippen LogP contribution is 2.36. The van der Waals surface area contributed by atoms with Gasteiger partial charge in [0.1, 0.15) is 5.76 Å². The van der Waals surface area contributed by atoms with Crippen LogP contribution in [0.4, 0.5) is 18.9 Å². The minimum atomic E-state index is -4.49. The van der Waals surface area contributed by atoms with Gasteiger partial charge in [0.25, 0.3) is 0 Å². The summed E-state index contributed by atoms with van der Waals surface area (Å²) in [5.74, 6) is 0.263. The van der Waals surface area contributed by atoms with E-state index in [1.165, 1.54) is 12.1 Å². The van der Waals surface area contributed by atoms with Gasteiger partial charge < -0.3 is 9.84 Å². The first-order chi connectivity index (χ1) is 10.7. The quantitative estimate of drug-likeness (QED) is 0.826. The Morgan fingerprint density at radius 3 is 2.61 bits per heavy atom. The van der Waals surface area contributed by atoms with Crippen molar-refractivity contribution in [3.63, 3.8) is 0 Å². The Morgan fingerprint density at radius 2 is 2.04 bits per heavy atom. The van der Waals surface area contributed by atoms with Gasteiger partial charge in [0.05, 0.1) is 11.3 Å². The number of alkyl halides is 3. The van der Waals surface area contributed by atoms with Gasteiger partial charge in [-0.2, -0.15) is 13.2 Å². The van der Waals surface area contributed by atoms with E-state index in [0.29, 0.717) is 17.9 Å². The lowest BCUT2D eigenvalue weighted by Gasteiger charge is -2.12. The van der Waals surface area contributed by atoms with Crippen molar-refractivity contribution in [1.82, 2.24) is 5.16 Å². The van der Waals surface area contributed by atoms with E-state index in [4.69, 9.17) is 4.52 Å². The van der Waals surface area contributed by atoms with E-state index in [9.17, 15) is 18.0 Å². The molecule has 0 bridgehead atoms. The first-order valence-electron chi connectivity index (χ1n) is 6.77. The molecule has 0 radical (unpaired) electrons. The fourth-order valence-electron chi connectivity index (χ4n) is 2.14. The zero-order valence-corrected chi connectivity index (χ0v) is 14.0. The van der Waals surface area contributed by atoms with Crippen molar-refractivity contribution in [3.05, 3.63) is 45.3 Å². The fraction of sp³-hybridized carbons (Fsp3) is 0.333. The predicted molar refractivity (Wildman–Crippen MR) is 82.1 cm³/mol. The van der Waals surface area contributed by atoms with Crippen LogP contribution in [0.1, 0.15) is 29.0 Å². The third kappa shape index (κ3) is 4.34. The van der Waals surface area contributed by atoms with Crippen molar-refractivity contribution >= 4 is 27.5 Å². The topological polar surface area (TPSA) is 55.1 Å². The van der Waals surface area contributed by atoms with Gasteiger partial charge in [-0.15, -0.1) is 0 Å². The standard InChI is InChI=1S/C15H14BrF3N2O2/c1-8-11(9(2)23-21-8)4-6-14(22)20-10-3-5-13(16)12(7-10)15(17,18)19/h3,5,7H,4,6H2,1-2H3,(H,20,22). The highest BCUT2D eigenvalue weighted by atomic mass is 79.9. The van der Waals surface area contributed by atoms with Crippen LogP contribution in [0.25, 0.3) is 0 Å². The van der Waals surface area contributed by atoms with Crippen LogP contribution in [-0.4, -0.2) is 11.1 Å². The van der Waals surface area contributed by atoms with Crippen molar-refractivity contribution in [3.8, 4) is 0 Å². The summed E-state index contributed by atoms with van der Waals surface area (Å²) < 4.78 is 43.4. The molecule has 124 valence electrons. The largest absolute Gasteiger partial charge is 0.417 e. The molecule has 0 unspecified atom stereocenters. The summed E-state index contributed by atoms with van der Waals surface area (Å²) in [5, 5.41) is 6.26. The minimum Gasteiger partial charge on any atom is -0.361 e. The highest BCUT2D eigenvalue weighted by molar-refractivity contribution is 9.10. The number of carbonyl (C=O) groups is 1. The SMILES string of the molecule is Cc1noc(C)c1CCC(=O)Nc1ccc(Br)c(C(F)(F)F)c1. The van der Waals surface area contributed by atoms with Crippen molar-refractivity contribution in [2.75, 3.05) is 5.32 Å². The number of nitrogens with one attached hydrogen (secondary N) is 1. The van der Waals surface area contributed by atoms with Gasteiger partial charge in [-0.1, -0.05) is 21.1 Å². The second-order valence-electron chi connectivity index (χ2n) is 5.04. The molecule has 0 aliphatic heterocycles. The molecule has 0 atom stereocenters. The van der Waals surface area contributed by atoms with Crippen molar-refractivity contribution < 1.29 is 22.5 Å². The second-order valence-corrected chi connectivity index (χ2v) is 5.90. The van der Waals surface area contributed by atoms with E-state index >= 15 is 0 Å². The molecule has 2 rings (SSSR count). The third-order valence-electron chi connectivity index (χ3n) is 3.34. The Hall–Kier alpha value is -1.83. The lowest BCUT2D eigenvalue weighted by atomic mass is 10.1. The molecule has 1 N–H and O–H groups in total.